The molecule has 116 valence electrons. The van der Waals surface area contributed by atoms with Crippen molar-refractivity contribution in [3.8, 4) is 0 Å². The maximum Gasteiger partial charge on any atom is 0.229 e. The number of hydrogen-bond donors (Lipinski definition) is 2. The molecule has 0 saturated carbocycles. The molecule has 2 aromatic heterocycles. The number of aromatic nitrogens is 3. The van der Waals surface area contributed by atoms with E-state index in [9.17, 15) is 0 Å². The lowest BCUT2D eigenvalue weighted by atomic mass is 10.1. The number of pyridine rings is 1. The lowest BCUT2D eigenvalue weighted by Gasteiger charge is -2.09. The second kappa shape index (κ2) is 7.35. The van der Waals surface area contributed by atoms with E-state index in [2.05, 4.69) is 44.6 Å². The van der Waals surface area contributed by atoms with Gasteiger partial charge in [-0.3, -0.25) is 4.98 Å². The van der Waals surface area contributed by atoms with Gasteiger partial charge in [-0.2, -0.15) is 4.98 Å². The van der Waals surface area contributed by atoms with E-state index in [1.807, 2.05) is 30.3 Å². The highest BCUT2D eigenvalue weighted by atomic mass is 15.1. The predicted molar refractivity (Wildman–Crippen MR) is 92.7 cm³/mol. The third-order valence-electron chi connectivity index (χ3n) is 3.50. The summed E-state index contributed by atoms with van der Waals surface area (Å²) in [6.07, 6.45) is 6.34. The summed E-state index contributed by atoms with van der Waals surface area (Å²) in [6, 6.07) is 14.1. The van der Waals surface area contributed by atoms with Crippen LogP contribution in [0, 0.1) is 0 Å². The van der Waals surface area contributed by atoms with Crippen molar-refractivity contribution < 1.29 is 0 Å². The molecule has 0 amide bonds. The van der Waals surface area contributed by atoms with E-state index in [0.29, 0.717) is 12.5 Å². The molecule has 0 aliphatic carbocycles. The standard InChI is InChI=1S/C18H19N5/c1-2-14-3-5-16(6-4-14)22-18-20-12-9-17(23-18)21-13-15-7-10-19-11-8-15/h3-12H,2,13H2,1H3,(H2,20,21,22,23). The Labute approximate surface area is 135 Å². The van der Waals surface area contributed by atoms with Gasteiger partial charge in [0.25, 0.3) is 0 Å². The first-order valence-corrected chi connectivity index (χ1v) is 7.65. The largest absolute Gasteiger partial charge is 0.366 e. The van der Waals surface area contributed by atoms with Crippen molar-refractivity contribution >= 4 is 17.5 Å². The van der Waals surface area contributed by atoms with Gasteiger partial charge in [0.15, 0.2) is 0 Å². The third kappa shape index (κ3) is 4.26. The Morgan fingerprint density at radius 2 is 1.65 bits per heavy atom. The Hall–Kier alpha value is -2.95. The molecule has 0 bridgehead atoms. The third-order valence-corrected chi connectivity index (χ3v) is 3.50. The minimum atomic E-state index is 0.578. The van der Waals surface area contributed by atoms with E-state index in [4.69, 9.17) is 0 Å². The minimum Gasteiger partial charge on any atom is -0.366 e. The molecule has 0 fully saturated rings. The van der Waals surface area contributed by atoms with Gasteiger partial charge in [-0.1, -0.05) is 19.1 Å². The highest BCUT2D eigenvalue weighted by Gasteiger charge is 2.01. The monoisotopic (exact) mass is 305 g/mol. The normalized spacial score (nSPS) is 10.3. The van der Waals surface area contributed by atoms with Crippen molar-refractivity contribution in [2.45, 2.75) is 19.9 Å². The van der Waals surface area contributed by atoms with E-state index in [0.717, 1.165) is 23.5 Å². The van der Waals surface area contributed by atoms with Crippen LogP contribution in [0.5, 0.6) is 0 Å². The van der Waals surface area contributed by atoms with Crippen molar-refractivity contribution in [3.63, 3.8) is 0 Å². The fourth-order valence-corrected chi connectivity index (χ4v) is 2.16. The molecule has 3 rings (SSSR count). The van der Waals surface area contributed by atoms with Gasteiger partial charge in [0.2, 0.25) is 5.95 Å². The molecule has 2 N–H and O–H groups in total. The van der Waals surface area contributed by atoms with E-state index in [1.54, 1.807) is 18.6 Å². The maximum absolute atomic E-state index is 4.48. The molecule has 0 spiro atoms. The van der Waals surface area contributed by atoms with E-state index >= 15 is 0 Å². The SMILES string of the molecule is CCc1ccc(Nc2nccc(NCc3ccncc3)n2)cc1. The number of aryl methyl sites for hydroxylation is 1. The van der Waals surface area contributed by atoms with E-state index in [-0.39, 0.29) is 0 Å². The molecule has 23 heavy (non-hydrogen) atoms. The molecular formula is C18H19N5. The Morgan fingerprint density at radius 1 is 0.870 bits per heavy atom. The summed E-state index contributed by atoms with van der Waals surface area (Å²) < 4.78 is 0. The fourth-order valence-electron chi connectivity index (χ4n) is 2.16. The van der Waals surface area contributed by atoms with Gasteiger partial charge < -0.3 is 10.6 Å². The van der Waals surface area contributed by atoms with Crippen molar-refractivity contribution in [2.75, 3.05) is 10.6 Å². The van der Waals surface area contributed by atoms with Crippen LogP contribution in [0.2, 0.25) is 0 Å². The summed E-state index contributed by atoms with van der Waals surface area (Å²) in [4.78, 5) is 12.7. The number of hydrogen-bond acceptors (Lipinski definition) is 5. The van der Waals surface area contributed by atoms with E-state index in [1.165, 1.54) is 5.56 Å². The van der Waals surface area contributed by atoms with Crippen LogP contribution in [0.25, 0.3) is 0 Å². The average Bonchev–Trinajstić information content (AvgIpc) is 2.62. The quantitative estimate of drug-likeness (QED) is 0.725. The summed E-state index contributed by atoms with van der Waals surface area (Å²) in [5.41, 5.74) is 3.45. The van der Waals surface area contributed by atoms with Crippen LogP contribution in [-0.4, -0.2) is 15.0 Å². The predicted octanol–water partition coefficient (Wildman–Crippen LogP) is 3.79. The van der Waals surface area contributed by atoms with Gasteiger partial charge in [0, 0.05) is 30.8 Å². The second-order valence-electron chi connectivity index (χ2n) is 5.15. The number of benzene rings is 1. The molecule has 5 nitrogen and oxygen atoms in total. The molecule has 1 aromatic carbocycles. The first kappa shape index (κ1) is 15.0. The molecule has 0 aliphatic heterocycles. The van der Waals surface area contributed by atoms with Gasteiger partial charge in [-0.25, -0.2) is 4.98 Å². The van der Waals surface area contributed by atoms with Crippen molar-refractivity contribution in [3.05, 3.63) is 72.2 Å². The van der Waals surface area contributed by atoms with Gasteiger partial charge in [0.05, 0.1) is 0 Å². The van der Waals surface area contributed by atoms with Crippen LogP contribution in [0.4, 0.5) is 17.5 Å². The van der Waals surface area contributed by atoms with Crippen LogP contribution in [0.3, 0.4) is 0 Å². The number of rotatable bonds is 6. The molecule has 0 aliphatic rings. The van der Waals surface area contributed by atoms with Crippen LogP contribution >= 0.6 is 0 Å². The number of anilines is 3. The molecule has 2 heterocycles. The minimum absolute atomic E-state index is 0.578. The summed E-state index contributed by atoms with van der Waals surface area (Å²) in [5.74, 6) is 1.36. The molecule has 0 saturated heterocycles. The van der Waals surface area contributed by atoms with Gasteiger partial charge >= 0.3 is 0 Å². The molecule has 0 radical (unpaired) electrons. The lowest BCUT2D eigenvalue weighted by molar-refractivity contribution is 1.07. The fraction of sp³-hybridized carbons (Fsp3) is 0.167. The summed E-state index contributed by atoms with van der Waals surface area (Å²) in [6.45, 7) is 2.84. The van der Waals surface area contributed by atoms with Gasteiger partial charge in [-0.15, -0.1) is 0 Å². The molecular weight excluding hydrogens is 286 g/mol. The first-order chi connectivity index (χ1) is 11.3. The molecule has 0 atom stereocenters. The van der Waals surface area contributed by atoms with Crippen molar-refractivity contribution in [1.82, 2.24) is 15.0 Å². The van der Waals surface area contributed by atoms with Crippen LogP contribution in [0.1, 0.15) is 18.1 Å². The highest BCUT2D eigenvalue weighted by Crippen LogP contribution is 2.15. The van der Waals surface area contributed by atoms with Gasteiger partial charge in [0.1, 0.15) is 5.82 Å². The Kier molecular flexibility index (Phi) is 4.79. The lowest BCUT2D eigenvalue weighted by Crippen LogP contribution is -2.04. The van der Waals surface area contributed by atoms with Crippen molar-refractivity contribution in [1.29, 1.82) is 0 Å². The van der Waals surface area contributed by atoms with Gasteiger partial charge in [-0.05, 0) is 47.9 Å². The zero-order valence-corrected chi connectivity index (χ0v) is 13.0. The summed E-state index contributed by atoms with van der Waals surface area (Å²) in [5, 5.41) is 6.51. The number of nitrogens with zero attached hydrogens (tertiary/aromatic N) is 3. The number of nitrogens with one attached hydrogen (secondary N) is 2. The second-order valence-corrected chi connectivity index (χ2v) is 5.15. The smallest absolute Gasteiger partial charge is 0.229 e. The zero-order chi connectivity index (χ0) is 15.9. The first-order valence-electron chi connectivity index (χ1n) is 7.65. The van der Waals surface area contributed by atoms with Crippen LogP contribution in [0.15, 0.2) is 61.1 Å². The molecule has 5 heteroatoms. The maximum atomic E-state index is 4.48. The summed E-state index contributed by atoms with van der Waals surface area (Å²) in [7, 11) is 0. The van der Waals surface area contributed by atoms with Crippen LogP contribution < -0.4 is 10.6 Å². The Morgan fingerprint density at radius 3 is 2.39 bits per heavy atom. The Balaban J connectivity index is 1.64. The zero-order valence-electron chi connectivity index (χ0n) is 13.0. The summed E-state index contributed by atoms with van der Waals surface area (Å²) >= 11 is 0. The van der Waals surface area contributed by atoms with Crippen molar-refractivity contribution in [2.24, 2.45) is 0 Å². The highest BCUT2D eigenvalue weighted by molar-refractivity contribution is 5.55. The Bertz CT molecular complexity index is 741. The molecule has 0 unspecified atom stereocenters. The van der Waals surface area contributed by atoms with Crippen LogP contribution in [-0.2, 0) is 13.0 Å². The molecule has 3 aromatic rings. The average molecular weight is 305 g/mol. The van der Waals surface area contributed by atoms with E-state index < -0.39 is 0 Å². The topological polar surface area (TPSA) is 62.7 Å².